The van der Waals surface area contributed by atoms with Crippen LogP contribution in [0.4, 0.5) is 18.9 Å². The van der Waals surface area contributed by atoms with Crippen LogP contribution in [0.5, 0.6) is 5.75 Å². The minimum Gasteiger partial charge on any atom is -0.495 e. The number of anilines is 1. The van der Waals surface area contributed by atoms with Crippen molar-refractivity contribution in [3.05, 3.63) is 81.2 Å². The molecule has 1 unspecified atom stereocenters. The fourth-order valence-electron chi connectivity index (χ4n) is 3.92. The van der Waals surface area contributed by atoms with E-state index in [0.717, 1.165) is 10.6 Å². The van der Waals surface area contributed by atoms with Crippen LogP contribution in [0.15, 0.2) is 59.5 Å². The molecule has 0 saturated carbocycles. The first kappa shape index (κ1) is 32.2. The van der Waals surface area contributed by atoms with E-state index in [1.807, 2.05) is 6.07 Å². The number of halogens is 4. The van der Waals surface area contributed by atoms with Crippen LogP contribution in [0.3, 0.4) is 0 Å². The average Bonchev–Trinajstić information content (AvgIpc) is 2.90. The standard InChI is InChI=1S/C29H27ClF3N3O6/c1-28(2,3)42-27(39)17-6-9-20(10-7-17)35-26(38)23(11-12-41-29(31,32)33)36-16-24(40-4)22(14-25(36)37)21-13-19(30)8-5-18(21)15-34/h5-10,13-14,16,23H,11-12H2,1-4H3,(H,35,38). The van der Waals surface area contributed by atoms with Gasteiger partial charge < -0.3 is 14.8 Å². The molecule has 42 heavy (non-hydrogen) atoms. The highest BCUT2D eigenvalue weighted by Gasteiger charge is 2.31. The molecule has 3 aromatic rings. The molecule has 1 amide bonds. The molecule has 0 saturated heterocycles. The number of alkyl halides is 3. The van der Waals surface area contributed by atoms with Crippen molar-refractivity contribution in [1.82, 2.24) is 4.57 Å². The average molecular weight is 606 g/mol. The molecule has 0 aliphatic carbocycles. The highest BCUT2D eigenvalue weighted by molar-refractivity contribution is 6.31. The largest absolute Gasteiger partial charge is 0.522 e. The van der Waals surface area contributed by atoms with Crippen LogP contribution < -0.4 is 15.6 Å². The van der Waals surface area contributed by atoms with Crippen molar-refractivity contribution in [3.8, 4) is 22.9 Å². The molecule has 3 rings (SSSR count). The topological polar surface area (TPSA) is 120 Å². The third kappa shape index (κ3) is 8.58. The summed E-state index contributed by atoms with van der Waals surface area (Å²) in [5.74, 6) is -1.35. The number of esters is 1. The highest BCUT2D eigenvalue weighted by atomic mass is 35.5. The molecule has 0 aliphatic heterocycles. The van der Waals surface area contributed by atoms with E-state index >= 15 is 0 Å². The van der Waals surface area contributed by atoms with Gasteiger partial charge in [0, 0.05) is 34.3 Å². The Labute approximate surface area is 244 Å². The summed E-state index contributed by atoms with van der Waals surface area (Å²) < 4.78 is 53.7. The molecule has 13 heteroatoms. The lowest BCUT2D eigenvalue weighted by Crippen LogP contribution is -2.34. The van der Waals surface area contributed by atoms with E-state index in [-0.39, 0.29) is 38.7 Å². The summed E-state index contributed by atoms with van der Waals surface area (Å²) in [5.41, 5.74) is -0.378. The summed E-state index contributed by atoms with van der Waals surface area (Å²) in [4.78, 5) is 38.9. The van der Waals surface area contributed by atoms with Gasteiger partial charge in [-0.15, -0.1) is 13.2 Å². The SMILES string of the molecule is COc1cn(C(CCOC(F)(F)F)C(=O)Nc2ccc(C(=O)OC(C)(C)C)cc2)c(=O)cc1-c1cc(Cl)ccc1C#N. The number of aromatic nitrogens is 1. The lowest BCUT2D eigenvalue weighted by molar-refractivity contribution is -0.325. The van der Waals surface area contributed by atoms with Crippen molar-refractivity contribution in [1.29, 1.82) is 5.26 Å². The lowest BCUT2D eigenvalue weighted by atomic mass is 10.00. The molecule has 2 aromatic carbocycles. The van der Waals surface area contributed by atoms with Gasteiger partial charge in [0.05, 0.1) is 37.1 Å². The van der Waals surface area contributed by atoms with Gasteiger partial charge in [0.15, 0.2) is 0 Å². The van der Waals surface area contributed by atoms with Crippen LogP contribution in [0.2, 0.25) is 5.02 Å². The lowest BCUT2D eigenvalue weighted by Gasteiger charge is -2.22. The van der Waals surface area contributed by atoms with Crippen molar-refractivity contribution in [3.63, 3.8) is 0 Å². The van der Waals surface area contributed by atoms with Crippen molar-refractivity contribution in [2.45, 2.75) is 45.2 Å². The second-order valence-corrected chi connectivity index (χ2v) is 10.4. The van der Waals surface area contributed by atoms with Crippen LogP contribution in [0, 0.1) is 11.3 Å². The van der Waals surface area contributed by atoms with E-state index < -0.39 is 48.5 Å². The number of ether oxygens (including phenoxy) is 3. The number of methoxy groups -OCH3 is 1. The van der Waals surface area contributed by atoms with Gasteiger partial charge in [-0.3, -0.25) is 18.9 Å². The molecule has 0 radical (unpaired) electrons. The highest BCUT2D eigenvalue weighted by Crippen LogP contribution is 2.34. The maximum Gasteiger partial charge on any atom is 0.522 e. The van der Waals surface area contributed by atoms with Gasteiger partial charge in [-0.2, -0.15) is 5.26 Å². The van der Waals surface area contributed by atoms with E-state index in [1.54, 1.807) is 20.8 Å². The Morgan fingerprint density at radius 2 is 1.74 bits per heavy atom. The third-order valence-corrected chi connectivity index (χ3v) is 5.97. The van der Waals surface area contributed by atoms with E-state index in [9.17, 15) is 32.8 Å². The summed E-state index contributed by atoms with van der Waals surface area (Å²) in [6.07, 6.45) is -4.32. The van der Waals surface area contributed by atoms with Crippen LogP contribution >= 0.6 is 11.6 Å². The number of pyridine rings is 1. The number of carbonyl (C=O) groups excluding carboxylic acids is 2. The smallest absolute Gasteiger partial charge is 0.495 e. The molecule has 0 bridgehead atoms. The Morgan fingerprint density at radius 3 is 2.31 bits per heavy atom. The molecule has 1 heterocycles. The quantitative estimate of drug-likeness (QED) is 0.292. The Morgan fingerprint density at radius 1 is 1.07 bits per heavy atom. The number of benzene rings is 2. The van der Waals surface area contributed by atoms with Gasteiger partial charge >= 0.3 is 12.3 Å². The molecule has 1 atom stereocenters. The number of carbonyl (C=O) groups is 2. The summed E-state index contributed by atoms with van der Waals surface area (Å²) >= 11 is 6.09. The molecule has 1 aromatic heterocycles. The van der Waals surface area contributed by atoms with Crippen molar-refractivity contribution < 1.29 is 37.0 Å². The number of nitrogens with zero attached hydrogens (tertiary/aromatic N) is 2. The van der Waals surface area contributed by atoms with Gasteiger partial charge in [-0.25, -0.2) is 4.79 Å². The number of rotatable bonds is 9. The number of nitriles is 1. The summed E-state index contributed by atoms with van der Waals surface area (Å²) in [6.45, 7) is 4.21. The predicted octanol–water partition coefficient (Wildman–Crippen LogP) is 6.11. The zero-order valence-corrected chi connectivity index (χ0v) is 23.8. The fourth-order valence-corrected chi connectivity index (χ4v) is 4.09. The normalized spacial score (nSPS) is 12.3. The summed E-state index contributed by atoms with van der Waals surface area (Å²) in [7, 11) is 1.29. The molecule has 0 fully saturated rings. The number of hydrogen-bond acceptors (Lipinski definition) is 7. The second kappa shape index (κ2) is 13.1. The molecule has 0 spiro atoms. The van der Waals surface area contributed by atoms with Crippen molar-refractivity contribution in [2.75, 3.05) is 19.0 Å². The third-order valence-electron chi connectivity index (χ3n) is 5.74. The molecular formula is C29H27ClF3N3O6. The minimum atomic E-state index is -4.95. The summed E-state index contributed by atoms with van der Waals surface area (Å²) in [6, 6.07) is 11.7. The van der Waals surface area contributed by atoms with Gasteiger partial charge in [0.2, 0.25) is 5.91 Å². The Hall–Kier alpha value is -4.34. The summed E-state index contributed by atoms with van der Waals surface area (Å²) in [5, 5.41) is 12.4. The number of amides is 1. The first-order valence-corrected chi connectivity index (χ1v) is 12.8. The van der Waals surface area contributed by atoms with Gasteiger partial charge in [-0.05, 0) is 63.2 Å². The molecule has 222 valence electrons. The minimum absolute atomic E-state index is 0.0598. The van der Waals surface area contributed by atoms with Crippen LogP contribution in [0.25, 0.3) is 11.1 Å². The van der Waals surface area contributed by atoms with Crippen LogP contribution in [0.1, 0.15) is 49.2 Å². The molecular weight excluding hydrogens is 579 g/mol. The van der Waals surface area contributed by atoms with Crippen LogP contribution in [-0.2, 0) is 14.3 Å². The van der Waals surface area contributed by atoms with E-state index in [1.165, 1.54) is 55.8 Å². The zero-order chi connectivity index (χ0) is 31.2. The van der Waals surface area contributed by atoms with Crippen LogP contribution in [-0.4, -0.2) is 42.1 Å². The molecule has 0 aliphatic rings. The maximum absolute atomic E-state index is 13.3. The zero-order valence-electron chi connectivity index (χ0n) is 23.0. The monoisotopic (exact) mass is 605 g/mol. The first-order chi connectivity index (χ1) is 19.6. The second-order valence-electron chi connectivity index (χ2n) is 9.97. The first-order valence-electron chi connectivity index (χ1n) is 12.5. The Kier molecular flexibility index (Phi) is 10.0. The van der Waals surface area contributed by atoms with E-state index in [0.29, 0.717) is 0 Å². The van der Waals surface area contributed by atoms with E-state index in [4.69, 9.17) is 21.1 Å². The Bertz CT molecular complexity index is 1560. The fraction of sp³-hybridized carbons (Fsp3) is 0.310. The van der Waals surface area contributed by atoms with Gasteiger partial charge in [0.1, 0.15) is 17.4 Å². The number of hydrogen-bond donors (Lipinski definition) is 1. The van der Waals surface area contributed by atoms with Crippen molar-refractivity contribution in [2.24, 2.45) is 0 Å². The van der Waals surface area contributed by atoms with Gasteiger partial charge in [0.25, 0.3) is 5.56 Å². The van der Waals surface area contributed by atoms with Gasteiger partial charge in [-0.1, -0.05) is 11.6 Å². The Balaban J connectivity index is 1.97. The molecule has 1 N–H and O–H groups in total. The van der Waals surface area contributed by atoms with E-state index in [2.05, 4.69) is 10.1 Å². The number of nitrogens with one attached hydrogen (secondary N) is 1. The predicted molar refractivity (Wildman–Crippen MR) is 148 cm³/mol. The van der Waals surface area contributed by atoms with Crippen molar-refractivity contribution >= 4 is 29.2 Å². The maximum atomic E-state index is 13.3. The molecule has 9 nitrogen and oxygen atoms in total.